The standard InChI is InChI=1S/C14H19FN2O2/c1-2-11-7-10(5-6-19-11)17-9-3-4-13(15)12(8-9)14(16)18/h3-4,8,10-11,17H,2,5-7H2,1H3,(H2,16,18). The van der Waals surface area contributed by atoms with Crippen molar-refractivity contribution in [1.82, 2.24) is 0 Å². The van der Waals surface area contributed by atoms with Gasteiger partial charge in [-0.25, -0.2) is 4.39 Å². The van der Waals surface area contributed by atoms with Gasteiger partial charge in [0.25, 0.3) is 5.91 Å². The maximum Gasteiger partial charge on any atom is 0.251 e. The second kappa shape index (κ2) is 6.02. The SMILES string of the molecule is CCC1CC(Nc2ccc(F)c(C(N)=O)c2)CCO1. The first-order valence-corrected chi connectivity index (χ1v) is 6.57. The zero-order chi connectivity index (χ0) is 13.8. The number of anilines is 1. The predicted molar refractivity (Wildman–Crippen MR) is 71.6 cm³/mol. The number of carbonyl (C=O) groups excluding carboxylic acids is 1. The predicted octanol–water partition coefficient (Wildman–Crippen LogP) is 2.29. The number of ether oxygens (including phenoxy) is 1. The normalized spacial score (nSPS) is 23.1. The molecule has 1 aromatic rings. The molecule has 1 aliphatic heterocycles. The number of nitrogens with two attached hydrogens (primary N) is 1. The summed E-state index contributed by atoms with van der Waals surface area (Å²) in [6.07, 6.45) is 3.07. The summed E-state index contributed by atoms with van der Waals surface area (Å²) >= 11 is 0. The first-order chi connectivity index (χ1) is 9.10. The first-order valence-electron chi connectivity index (χ1n) is 6.57. The number of benzene rings is 1. The number of halogens is 1. The van der Waals surface area contributed by atoms with Gasteiger partial charge < -0.3 is 15.8 Å². The molecular weight excluding hydrogens is 247 g/mol. The first kappa shape index (κ1) is 13.8. The molecule has 1 aliphatic rings. The summed E-state index contributed by atoms with van der Waals surface area (Å²) in [6, 6.07) is 4.63. The van der Waals surface area contributed by atoms with Gasteiger partial charge in [-0.05, 0) is 37.5 Å². The van der Waals surface area contributed by atoms with E-state index in [2.05, 4.69) is 12.2 Å². The van der Waals surface area contributed by atoms with Crippen LogP contribution in [0, 0.1) is 5.82 Å². The van der Waals surface area contributed by atoms with Crippen LogP contribution in [0.15, 0.2) is 18.2 Å². The monoisotopic (exact) mass is 266 g/mol. The van der Waals surface area contributed by atoms with Crippen LogP contribution in [-0.2, 0) is 4.74 Å². The number of rotatable bonds is 4. The van der Waals surface area contributed by atoms with E-state index in [1.54, 1.807) is 6.07 Å². The molecule has 0 radical (unpaired) electrons. The summed E-state index contributed by atoms with van der Waals surface area (Å²) in [7, 11) is 0. The van der Waals surface area contributed by atoms with Crippen molar-refractivity contribution in [2.75, 3.05) is 11.9 Å². The molecule has 3 N–H and O–H groups in total. The molecule has 0 aromatic heterocycles. The Balaban J connectivity index is 2.06. The molecule has 1 amide bonds. The molecule has 1 aromatic carbocycles. The van der Waals surface area contributed by atoms with Crippen LogP contribution in [0.5, 0.6) is 0 Å². The summed E-state index contributed by atoms with van der Waals surface area (Å²) in [5, 5.41) is 3.31. The maximum atomic E-state index is 13.4. The fourth-order valence-electron chi connectivity index (χ4n) is 2.34. The third kappa shape index (κ3) is 3.44. The molecule has 104 valence electrons. The molecular formula is C14H19FN2O2. The van der Waals surface area contributed by atoms with E-state index >= 15 is 0 Å². The quantitative estimate of drug-likeness (QED) is 0.878. The van der Waals surface area contributed by atoms with Gasteiger partial charge >= 0.3 is 0 Å². The van der Waals surface area contributed by atoms with Gasteiger partial charge in [-0.3, -0.25) is 4.79 Å². The van der Waals surface area contributed by atoms with Crippen molar-refractivity contribution in [3.8, 4) is 0 Å². The lowest BCUT2D eigenvalue weighted by Gasteiger charge is -2.30. The van der Waals surface area contributed by atoms with Crippen LogP contribution in [0.2, 0.25) is 0 Å². The fourth-order valence-corrected chi connectivity index (χ4v) is 2.34. The van der Waals surface area contributed by atoms with Crippen LogP contribution in [0.25, 0.3) is 0 Å². The third-order valence-electron chi connectivity index (χ3n) is 3.43. The summed E-state index contributed by atoms with van der Waals surface area (Å²) in [6.45, 7) is 2.82. The number of nitrogens with one attached hydrogen (secondary N) is 1. The number of carbonyl (C=O) groups is 1. The molecule has 2 rings (SSSR count). The topological polar surface area (TPSA) is 64.3 Å². The average molecular weight is 266 g/mol. The van der Waals surface area contributed by atoms with Crippen LogP contribution < -0.4 is 11.1 Å². The number of hydrogen-bond acceptors (Lipinski definition) is 3. The van der Waals surface area contributed by atoms with Crippen molar-refractivity contribution in [1.29, 1.82) is 0 Å². The molecule has 2 atom stereocenters. The van der Waals surface area contributed by atoms with E-state index in [-0.39, 0.29) is 17.7 Å². The lowest BCUT2D eigenvalue weighted by molar-refractivity contribution is 0.00925. The molecule has 19 heavy (non-hydrogen) atoms. The van der Waals surface area contributed by atoms with Crippen LogP contribution in [0.4, 0.5) is 10.1 Å². The molecule has 5 heteroatoms. The van der Waals surface area contributed by atoms with E-state index in [1.807, 2.05) is 0 Å². The maximum absolute atomic E-state index is 13.4. The Morgan fingerprint density at radius 2 is 2.37 bits per heavy atom. The van der Waals surface area contributed by atoms with Crippen LogP contribution in [-0.4, -0.2) is 24.7 Å². The zero-order valence-electron chi connectivity index (χ0n) is 11.0. The smallest absolute Gasteiger partial charge is 0.251 e. The highest BCUT2D eigenvalue weighted by Crippen LogP contribution is 2.22. The van der Waals surface area contributed by atoms with Crippen LogP contribution in [0.3, 0.4) is 0 Å². The lowest BCUT2D eigenvalue weighted by atomic mass is 10.0. The van der Waals surface area contributed by atoms with Gasteiger partial charge in [0.05, 0.1) is 11.7 Å². The molecule has 0 saturated carbocycles. The van der Waals surface area contributed by atoms with E-state index in [1.165, 1.54) is 12.1 Å². The highest BCUT2D eigenvalue weighted by atomic mass is 19.1. The van der Waals surface area contributed by atoms with Gasteiger partial charge in [0.1, 0.15) is 5.82 Å². The van der Waals surface area contributed by atoms with Gasteiger partial charge in [-0.2, -0.15) is 0 Å². The Morgan fingerprint density at radius 1 is 1.58 bits per heavy atom. The van der Waals surface area contributed by atoms with Crippen molar-refractivity contribution in [2.45, 2.75) is 38.3 Å². The molecule has 1 heterocycles. The molecule has 0 aliphatic carbocycles. The molecule has 4 nitrogen and oxygen atoms in total. The largest absolute Gasteiger partial charge is 0.382 e. The van der Waals surface area contributed by atoms with Crippen molar-refractivity contribution in [3.05, 3.63) is 29.6 Å². The van der Waals surface area contributed by atoms with Gasteiger partial charge in [0.2, 0.25) is 0 Å². The highest BCUT2D eigenvalue weighted by Gasteiger charge is 2.21. The van der Waals surface area contributed by atoms with E-state index in [9.17, 15) is 9.18 Å². The Kier molecular flexibility index (Phi) is 4.37. The van der Waals surface area contributed by atoms with Crippen LogP contribution in [0.1, 0.15) is 36.5 Å². The minimum absolute atomic E-state index is 0.0795. The van der Waals surface area contributed by atoms with Gasteiger partial charge in [-0.15, -0.1) is 0 Å². The Labute approximate surface area is 112 Å². The number of hydrogen-bond donors (Lipinski definition) is 2. The number of primary amides is 1. The highest BCUT2D eigenvalue weighted by molar-refractivity contribution is 5.94. The number of amides is 1. The molecule has 0 bridgehead atoms. The average Bonchev–Trinajstić information content (AvgIpc) is 2.41. The minimum Gasteiger partial charge on any atom is -0.382 e. The lowest BCUT2D eigenvalue weighted by Crippen LogP contribution is -2.33. The Morgan fingerprint density at radius 3 is 3.05 bits per heavy atom. The second-order valence-corrected chi connectivity index (χ2v) is 4.83. The Hall–Kier alpha value is -1.62. The van der Waals surface area contributed by atoms with Crippen LogP contribution >= 0.6 is 0 Å². The van der Waals surface area contributed by atoms with E-state index in [4.69, 9.17) is 10.5 Å². The van der Waals surface area contributed by atoms with Gasteiger partial charge in [0.15, 0.2) is 0 Å². The summed E-state index contributed by atoms with van der Waals surface area (Å²) in [4.78, 5) is 11.1. The summed E-state index contributed by atoms with van der Waals surface area (Å²) in [5.74, 6) is -1.34. The zero-order valence-corrected chi connectivity index (χ0v) is 11.0. The minimum atomic E-state index is -0.750. The molecule has 2 unspecified atom stereocenters. The van der Waals surface area contributed by atoms with Crippen molar-refractivity contribution < 1.29 is 13.9 Å². The van der Waals surface area contributed by atoms with E-state index in [0.717, 1.165) is 31.6 Å². The fraction of sp³-hybridized carbons (Fsp3) is 0.500. The Bertz CT molecular complexity index is 465. The van der Waals surface area contributed by atoms with Gasteiger partial charge in [0, 0.05) is 18.3 Å². The van der Waals surface area contributed by atoms with Crippen molar-refractivity contribution >= 4 is 11.6 Å². The molecule has 0 spiro atoms. The van der Waals surface area contributed by atoms with E-state index < -0.39 is 11.7 Å². The van der Waals surface area contributed by atoms with Crippen molar-refractivity contribution in [3.63, 3.8) is 0 Å². The van der Waals surface area contributed by atoms with Crippen molar-refractivity contribution in [2.24, 2.45) is 5.73 Å². The molecule has 1 fully saturated rings. The summed E-state index contributed by atoms with van der Waals surface area (Å²) in [5.41, 5.74) is 5.77. The van der Waals surface area contributed by atoms with Gasteiger partial charge in [-0.1, -0.05) is 6.92 Å². The van der Waals surface area contributed by atoms with E-state index in [0.29, 0.717) is 0 Å². The summed E-state index contributed by atoms with van der Waals surface area (Å²) < 4.78 is 19.0. The molecule has 1 saturated heterocycles. The second-order valence-electron chi connectivity index (χ2n) is 4.83. The third-order valence-corrected chi connectivity index (χ3v) is 3.43.